The lowest BCUT2D eigenvalue weighted by Crippen LogP contribution is -2.41. The molecule has 0 saturated heterocycles. The largest absolute Gasteiger partial charge is 0.478 e. The third kappa shape index (κ3) is 4.34. The molecule has 0 amide bonds. The number of nitrogens with one attached hydrogen (secondary N) is 2. The van der Waals surface area contributed by atoms with Gasteiger partial charge in [-0.25, -0.2) is 9.80 Å². The molecule has 1 atom stereocenters. The van der Waals surface area contributed by atoms with Crippen molar-refractivity contribution >= 4 is 5.97 Å². The predicted octanol–water partition coefficient (Wildman–Crippen LogP) is 3.42. The lowest BCUT2D eigenvalue weighted by atomic mass is 9.95. The molecule has 1 aromatic heterocycles. The molecule has 0 saturated carbocycles. The van der Waals surface area contributed by atoms with Crippen molar-refractivity contribution in [3.05, 3.63) is 65.4 Å². The van der Waals surface area contributed by atoms with E-state index < -0.39 is 5.97 Å². The number of unbranched alkanes of at least 4 members (excludes halogenated alkanes) is 1. The molecule has 4 rings (SSSR count). The number of carboxylic acids is 1. The van der Waals surface area contributed by atoms with Crippen LogP contribution >= 0.6 is 0 Å². The molecule has 1 unspecified atom stereocenters. The second-order valence-electron chi connectivity index (χ2n) is 7.70. The Balaban J connectivity index is 1.58. The van der Waals surface area contributed by atoms with E-state index in [1.54, 1.807) is 0 Å². The average Bonchev–Trinajstić information content (AvgIpc) is 3.41. The molecule has 8 heteroatoms. The van der Waals surface area contributed by atoms with E-state index >= 15 is 0 Å². The summed E-state index contributed by atoms with van der Waals surface area (Å²) in [5.41, 5.74) is 8.48. The summed E-state index contributed by atoms with van der Waals surface area (Å²) >= 11 is 0. The normalized spacial score (nSPS) is 16.5. The van der Waals surface area contributed by atoms with Gasteiger partial charge in [-0.2, -0.15) is 5.21 Å². The number of H-pyrrole nitrogens is 1. The summed E-state index contributed by atoms with van der Waals surface area (Å²) < 4.78 is 0. The number of nitrogens with zero attached hydrogens (tertiary/aromatic N) is 4. The first-order valence-corrected chi connectivity index (χ1v) is 10.5. The van der Waals surface area contributed by atoms with Crippen LogP contribution in [-0.2, 0) is 11.2 Å². The van der Waals surface area contributed by atoms with Gasteiger partial charge in [-0.15, -0.1) is 10.2 Å². The van der Waals surface area contributed by atoms with Crippen LogP contribution in [0.15, 0.2) is 59.8 Å². The number of carbonyl (C=O) groups is 1. The van der Waals surface area contributed by atoms with E-state index in [4.69, 9.17) is 0 Å². The predicted molar refractivity (Wildman–Crippen MR) is 118 cm³/mol. The quantitative estimate of drug-likeness (QED) is 0.514. The minimum Gasteiger partial charge on any atom is -0.478 e. The number of carboxylic acid groups (broad SMARTS) is 1. The van der Waals surface area contributed by atoms with E-state index in [0.717, 1.165) is 47.3 Å². The summed E-state index contributed by atoms with van der Waals surface area (Å²) in [5.74, 6) is -0.311. The lowest BCUT2D eigenvalue weighted by molar-refractivity contribution is -0.133. The van der Waals surface area contributed by atoms with Crippen molar-refractivity contribution in [2.75, 3.05) is 6.54 Å². The summed E-state index contributed by atoms with van der Waals surface area (Å²) in [5, 5.41) is 26.2. The number of allylic oxidation sites excluding steroid dienone is 1. The minimum atomic E-state index is -0.861. The molecule has 31 heavy (non-hydrogen) atoms. The number of hydrazine groups is 1. The van der Waals surface area contributed by atoms with E-state index in [1.807, 2.05) is 31.2 Å². The topological polar surface area (TPSA) is 107 Å². The van der Waals surface area contributed by atoms with E-state index in [0.29, 0.717) is 17.8 Å². The molecule has 8 nitrogen and oxygen atoms in total. The highest BCUT2D eigenvalue weighted by Gasteiger charge is 2.34. The third-order valence-corrected chi connectivity index (χ3v) is 5.62. The number of aliphatic carboxylic acids is 1. The van der Waals surface area contributed by atoms with Crippen LogP contribution in [0.2, 0.25) is 0 Å². The van der Waals surface area contributed by atoms with Crippen molar-refractivity contribution in [2.45, 2.75) is 39.2 Å². The van der Waals surface area contributed by atoms with Gasteiger partial charge in [0, 0.05) is 17.8 Å². The Bertz CT molecular complexity index is 1080. The van der Waals surface area contributed by atoms with E-state index in [9.17, 15) is 9.90 Å². The maximum atomic E-state index is 11.9. The number of hydrogen-bond donors (Lipinski definition) is 3. The van der Waals surface area contributed by atoms with Gasteiger partial charge in [-0.3, -0.25) is 0 Å². The zero-order valence-electron chi connectivity index (χ0n) is 17.7. The SMILES string of the molecule is CCCCN1NC(C)=C(C(=O)O)C1Cc1ccc(-c2ccccc2-c2nn[nH]n2)cc1. The highest BCUT2D eigenvalue weighted by atomic mass is 16.4. The molecule has 0 fully saturated rings. The van der Waals surface area contributed by atoms with Crippen LogP contribution < -0.4 is 5.43 Å². The fourth-order valence-corrected chi connectivity index (χ4v) is 4.06. The average molecular weight is 419 g/mol. The molecule has 0 aliphatic carbocycles. The number of tetrazole rings is 1. The van der Waals surface area contributed by atoms with Crippen LogP contribution in [0.3, 0.4) is 0 Å². The van der Waals surface area contributed by atoms with Gasteiger partial charge in [0.15, 0.2) is 0 Å². The van der Waals surface area contributed by atoms with Crippen LogP contribution in [0, 0.1) is 0 Å². The Morgan fingerprint density at radius 1 is 1.13 bits per heavy atom. The molecular formula is C23H26N6O2. The lowest BCUT2D eigenvalue weighted by Gasteiger charge is -2.26. The molecule has 2 heterocycles. The maximum Gasteiger partial charge on any atom is 0.335 e. The molecule has 160 valence electrons. The molecule has 1 aliphatic heterocycles. The molecule has 3 N–H and O–H groups in total. The number of aromatic nitrogens is 4. The summed E-state index contributed by atoms with van der Waals surface area (Å²) in [4.78, 5) is 11.9. The molecule has 0 radical (unpaired) electrons. The second-order valence-corrected chi connectivity index (χ2v) is 7.70. The Morgan fingerprint density at radius 3 is 2.52 bits per heavy atom. The number of aromatic amines is 1. The van der Waals surface area contributed by atoms with Gasteiger partial charge >= 0.3 is 5.97 Å². The van der Waals surface area contributed by atoms with Gasteiger partial charge in [-0.1, -0.05) is 61.9 Å². The first-order chi connectivity index (χ1) is 15.1. The van der Waals surface area contributed by atoms with Crippen LogP contribution in [0.1, 0.15) is 32.3 Å². The Hall–Kier alpha value is -3.52. The summed E-state index contributed by atoms with van der Waals surface area (Å²) in [6.07, 6.45) is 2.69. The summed E-state index contributed by atoms with van der Waals surface area (Å²) in [7, 11) is 0. The summed E-state index contributed by atoms with van der Waals surface area (Å²) in [6, 6.07) is 16.0. The molecule has 3 aromatic rings. The number of rotatable bonds is 8. The Morgan fingerprint density at radius 2 is 1.87 bits per heavy atom. The summed E-state index contributed by atoms with van der Waals surface area (Å²) in [6.45, 7) is 4.78. The molecule has 2 aromatic carbocycles. The van der Waals surface area contributed by atoms with Crippen molar-refractivity contribution in [3.63, 3.8) is 0 Å². The standard InChI is InChI=1S/C23H26N6O2/c1-3-4-13-29-20(21(23(30)31)15(2)26-29)14-16-9-11-17(12-10-16)18-7-5-6-8-19(18)22-24-27-28-25-22/h5-12,20,26H,3-4,13-14H2,1-2H3,(H,30,31)(H,24,25,27,28). The van der Waals surface area contributed by atoms with Crippen molar-refractivity contribution < 1.29 is 9.90 Å². The van der Waals surface area contributed by atoms with Gasteiger partial charge in [-0.05, 0) is 41.7 Å². The van der Waals surface area contributed by atoms with Gasteiger partial charge in [0.25, 0.3) is 0 Å². The number of hydrogen-bond acceptors (Lipinski definition) is 6. The number of benzene rings is 2. The van der Waals surface area contributed by atoms with Gasteiger partial charge < -0.3 is 10.5 Å². The Kier molecular flexibility index (Phi) is 6.08. The third-order valence-electron chi connectivity index (χ3n) is 5.62. The molecule has 0 spiro atoms. The fourth-order valence-electron chi connectivity index (χ4n) is 4.06. The minimum absolute atomic E-state index is 0.193. The van der Waals surface area contributed by atoms with Gasteiger partial charge in [0.2, 0.25) is 5.82 Å². The van der Waals surface area contributed by atoms with E-state index in [1.165, 1.54) is 0 Å². The van der Waals surface area contributed by atoms with Crippen molar-refractivity contribution in [1.82, 2.24) is 31.1 Å². The molecule has 1 aliphatic rings. The Labute approximate surface area is 181 Å². The van der Waals surface area contributed by atoms with E-state index in [-0.39, 0.29) is 6.04 Å². The zero-order valence-corrected chi connectivity index (χ0v) is 17.7. The fraction of sp³-hybridized carbons (Fsp3) is 0.304. The first-order valence-electron chi connectivity index (χ1n) is 10.5. The van der Waals surface area contributed by atoms with Crippen molar-refractivity contribution in [2.24, 2.45) is 0 Å². The molecular weight excluding hydrogens is 392 g/mol. The zero-order chi connectivity index (χ0) is 21.8. The second kappa shape index (κ2) is 9.09. The van der Waals surface area contributed by atoms with Crippen LogP contribution in [0.5, 0.6) is 0 Å². The van der Waals surface area contributed by atoms with E-state index in [2.05, 4.69) is 62.2 Å². The van der Waals surface area contributed by atoms with Crippen LogP contribution in [0.4, 0.5) is 0 Å². The monoisotopic (exact) mass is 418 g/mol. The van der Waals surface area contributed by atoms with Gasteiger partial charge in [0.05, 0.1) is 11.6 Å². The van der Waals surface area contributed by atoms with Crippen LogP contribution in [-0.4, -0.2) is 49.3 Å². The smallest absolute Gasteiger partial charge is 0.335 e. The van der Waals surface area contributed by atoms with Crippen molar-refractivity contribution in [1.29, 1.82) is 0 Å². The molecule has 0 bridgehead atoms. The van der Waals surface area contributed by atoms with Crippen molar-refractivity contribution in [3.8, 4) is 22.5 Å². The first kappa shape index (κ1) is 20.7. The van der Waals surface area contributed by atoms with Gasteiger partial charge in [0.1, 0.15) is 0 Å². The van der Waals surface area contributed by atoms with Crippen LogP contribution in [0.25, 0.3) is 22.5 Å². The highest BCUT2D eigenvalue weighted by molar-refractivity contribution is 5.89. The maximum absolute atomic E-state index is 11.9. The highest BCUT2D eigenvalue weighted by Crippen LogP contribution is 2.31.